The standard InChI is InChI=1S/C16H25N3O/c1-3-13-18-15(20-19-13)16(2,17)14-11-5-9-4-10(7-11)8-12(14)6-9/h9-12,14H,3-8,17H2,1-2H3. The normalized spacial score (nSPS) is 41.9. The number of rotatable bonds is 3. The Hall–Kier alpha value is -0.900. The summed E-state index contributed by atoms with van der Waals surface area (Å²) < 4.78 is 5.49. The van der Waals surface area contributed by atoms with Crippen LogP contribution in [0.2, 0.25) is 0 Å². The van der Waals surface area contributed by atoms with E-state index in [9.17, 15) is 0 Å². The molecule has 4 aliphatic carbocycles. The molecule has 4 saturated carbocycles. The molecular weight excluding hydrogens is 250 g/mol. The maximum atomic E-state index is 6.74. The summed E-state index contributed by atoms with van der Waals surface area (Å²) in [4.78, 5) is 4.53. The third-order valence-electron chi connectivity index (χ3n) is 6.16. The summed E-state index contributed by atoms with van der Waals surface area (Å²) in [6.45, 7) is 4.16. The van der Waals surface area contributed by atoms with Crippen molar-refractivity contribution in [1.82, 2.24) is 10.1 Å². The first kappa shape index (κ1) is 12.8. The molecule has 1 aromatic rings. The van der Waals surface area contributed by atoms with Gasteiger partial charge in [-0.3, -0.25) is 0 Å². The highest BCUT2D eigenvalue weighted by Crippen LogP contribution is 2.59. The largest absolute Gasteiger partial charge is 0.337 e. The molecule has 0 aliphatic heterocycles. The van der Waals surface area contributed by atoms with Crippen molar-refractivity contribution in [2.45, 2.75) is 57.9 Å². The summed E-state index contributed by atoms with van der Waals surface area (Å²) in [5.74, 6) is 5.46. The quantitative estimate of drug-likeness (QED) is 0.921. The maximum absolute atomic E-state index is 6.74. The molecule has 1 atom stereocenters. The Morgan fingerprint density at radius 2 is 1.75 bits per heavy atom. The van der Waals surface area contributed by atoms with Gasteiger partial charge in [-0.15, -0.1) is 0 Å². The van der Waals surface area contributed by atoms with Gasteiger partial charge in [0.25, 0.3) is 0 Å². The van der Waals surface area contributed by atoms with Crippen molar-refractivity contribution in [2.24, 2.45) is 35.3 Å². The van der Waals surface area contributed by atoms with E-state index in [1.807, 2.05) is 6.92 Å². The lowest BCUT2D eigenvalue weighted by Gasteiger charge is -2.57. The lowest BCUT2D eigenvalue weighted by atomic mass is 9.48. The van der Waals surface area contributed by atoms with Crippen LogP contribution in [-0.4, -0.2) is 10.1 Å². The average molecular weight is 275 g/mol. The van der Waals surface area contributed by atoms with Crippen LogP contribution in [0.25, 0.3) is 0 Å². The summed E-state index contributed by atoms with van der Waals surface area (Å²) in [5, 5.41) is 4.05. The van der Waals surface area contributed by atoms with Crippen LogP contribution < -0.4 is 5.73 Å². The van der Waals surface area contributed by atoms with Crippen molar-refractivity contribution in [3.05, 3.63) is 11.7 Å². The second-order valence-corrected chi connectivity index (χ2v) is 7.61. The van der Waals surface area contributed by atoms with Gasteiger partial charge in [0.1, 0.15) is 0 Å². The Bertz CT molecular complexity index is 480. The summed E-state index contributed by atoms with van der Waals surface area (Å²) in [7, 11) is 0. The van der Waals surface area contributed by atoms with Gasteiger partial charge in [-0.2, -0.15) is 4.98 Å². The van der Waals surface area contributed by atoms with Crippen LogP contribution in [0.3, 0.4) is 0 Å². The van der Waals surface area contributed by atoms with Gasteiger partial charge >= 0.3 is 0 Å². The zero-order valence-corrected chi connectivity index (χ0v) is 12.5. The van der Waals surface area contributed by atoms with Crippen LogP contribution in [0.15, 0.2) is 4.52 Å². The van der Waals surface area contributed by atoms with E-state index in [0.29, 0.717) is 11.8 Å². The third-order valence-corrected chi connectivity index (χ3v) is 6.16. The zero-order valence-electron chi connectivity index (χ0n) is 12.5. The lowest BCUT2D eigenvalue weighted by Crippen LogP contribution is -2.56. The molecular formula is C16H25N3O. The van der Waals surface area contributed by atoms with Crippen LogP contribution in [0, 0.1) is 29.6 Å². The summed E-state index contributed by atoms with van der Waals surface area (Å²) >= 11 is 0. The molecule has 1 heterocycles. The molecule has 4 nitrogen and oxygen atoms in total. The van der Waals surface area contributed by atoms with Crippen LogP contribution in [-0.2, 0) is 12.0 Å². The number of nitrogens with zero attached hydrogens (tertiary/aromatic N) is 2. The molecule has 4 heteroatoms. The highest BCUT2D eigenvalue weighted by molar-refractivity contribution is 5.11. The topological polar surface area (TPSA) is 64.9 Å². The summed E-state index contributed by atoms with van der Waals surface area (Å²) in [5.41, 5.74) is 6.28. The van der Waals surface area contributed by atoms with Crippen molar-refractivity contribution in [3.63, 3.8) is 0 Å². The van der Waals surface area contributed by atoms with E-state index in [4.69, 9.17) is 10.3 Å². The molecule has 110 valence electrons. The molecule has 0 spiro atoms. The number of nitrogens with two attached hydrogens (primary N) is 1. The van der Waals surface area contributed by atoms with E-state index in [1.54, 1.807) is 0 Å². The molecule has 2 N–H and O–H groups in total. The van der Waals surface area contributed by atoms with E-state index >= 15 is 0 Å². The molecule has 0 radical (unpaired) electrons. The van der Waals surface area contributed by atoms with Gasteiger partial charge in [-0.25, -0.2) is 0 Å². The molecule has 1 unspecified atom stereocenters. The van der Waals surface area contributed by atoms with E-state index in [1.165, 1.54) is 32.1 Å². The fourth-order valence-corrected chi connectivity index (χ4v) is 5.66. The first-order valence-electron chi connectivity index (χ1n) is 8.19. The minimum atomic E-state index is -0.455. The van der Waals surface area contributed by atoms with Crippen molar-refractivity contribution >= 4 is 0 Å². The van der Waals surface area contributed by atoms with Gasteiger partial charge in [0.05, 0.1) is 5.54 Å². The van der Waals surface area contributed by atoms with E-state index in [-0.39, 0.29) is 0 Å². The van der Waals surface area contributed by atoms with E-state index < -0.39 is 5.54 Å². The van der Waals surface area contributed by atoms with Crippen LogP contribution in [0.1, 0.15) is 57.7 Å². The SMILES string of the molecule is CCc1noc(C(C)(N)C2C3CC4CC(C3)CC2C4)n1. The molecule has 0 aromatic carbocycles. The lowest BCUT2D eigenvalue weighted by molar-refractivity contribution is -0.0735. The Labute approximate surface area is 120 Å². The van der Waals surface area contributed by atoms with Crippen LogP contribution in [0.4, 0.5) is 0 Å². The Balaban J connectivity index is 1.65. The smallest absolute Gasteiger partial charge is 0.246 e. The molecule has 1 aromatic heterocycles. The minimum absolute atomic E-state index is 0.455. The van der Waals surface area contributed by atoms with Gasteiger partial charge in [0.2, 0.25) is 5.89 Å². The zero-order chi connectivity index (χ0) is 13.9. The van der Waals surface area contributed by atoms with Crippen LogP contribution >= 0.6 is 0 Å². The Morgan fingerprint density at radius 1 is 1.15 bits per heavy atom. The molecule has 4 aliphatic rings. The molecule has 4 fully saturated rings. The summed E-state index contributed by atoms with van der Waals surface area (Å²) in [6.07, 6.45) is 7.78. The fraction of sp³-hybridized carbons (Fsp3) is 0.875. The molecule has 0 amide bonds. The second kappa shape index (κ2) is 4.30. The van der Waals surface area contributed by atoms with Crippen LogP contribution in [0.5, 0.6) is 0 Å². The van der Waals surface area contributed by atoms with Gasteiger partial charge in [-0.05, 0) is 68.6 Å². The van der Waals surface area contributed by atoms with E-state index in [2.05, 4.69) is 17.1 Å². The molecule has 4 bridgehead atoms. The monoisotopic (exact) mass is 275 g/mol. The molecule has 20 heavy (non-hydrogen) atoms. The molecule has 0 saturated heterocycles. The highest BCUT2D eigenvalue weighted by atomic mass is 16.5. The van der Waals surface area contributed by atoms with Crippen molar-refractivity contribution in [3.8, 4) is 0 Å². The first-order valence-corrected chi connectivity index (χ1v) is 8.19. The number of hydrogen-bond acceptors (Lipinski definition) is 4. The van der Waals surface area contributed by atoms with Crippen molar-refractivity contribution in [1.29, 1.82) is 0 Å². The first-order chi connectivity index (χ1) is 9.57. The maximum Gasteiger partial charge on any atom is 0.246 e. The van der Waals surface area contributed by atoms with Gasteiger partial charge in [0.15, 0.2) is 5.82 Å². The van der Waals surface area contributed by atoms with E-state index in [0.717, 1.165) is 35.9 Å². The number of hydrogen-bond donors (Lipinski definition) is 1. The predicted octanol–water partition coefficient (Wildman–Crippen LogP) is 2.88. The number of aromatic nitrogens is 2. The van der Waals surface area contributed by atoms with Gasteiger partial charge in [-0.1, -0.05) is 12.1 Å². The van der Waals surface area contributed by atoms with Gasteiger partial charge in [0, 0.05) is 6.42 Å². The average Bonchev–Trinajstić information content (AvgIpc) is 2.86. The van der Waals surface area contributed by atoms with Gasteiger partial charge < -0.3 is 10.3 Å². The summed E-state index contributed by atoms with van der Waals surface area (Å²) in [6, 6.07) is 0. The minimum Gasteiger partial charge on any atom is -0.337 e. The Kier molecular flexibility index (Phi) is 2.75. The predicted molar refractivity (Wildman–Crippen MR) is 75.8 cm³/mol. The number of aryl methyl sites for hydroxylation is 1. The fourth-order valence-electron chi connectivity index (χ4n) is 5.66. The van der Waals surface area contributed by atoms with Crippen molar-refractivity contribution in [2.75, 3.05) is 0 Å². The highest BCUT2D eigenvalue weighted by Gasteiger charge is 2.55. The Morgan fingerprint density at radius 3 is 2.25 bits per heavy atom. The molecule has 5 rings (SSSR count). The second-order valence-electron chi connectivity index (χ2n) is 7.61. The van der Waals surface area contributed by atoms with Crippen molar-refractivity contribution < 1.29 is 4.52 Å². The third kappa shape index (κ3) is 1.77.